The number of hydrogen-bond acceptors (Lipinski definition) is 4. The van der Waals surface area contributed by atoms with Gasteiger partial charge >= 0.3 is 0 Å². The van der Waals surface area contributed by atoms with Crippen molar-refractivity contribution in [2.24, 2.45) is 5.73 Å². The Morgan fingerprint density at radius 1 is 1.45 bits per heavy atom. The number of rotatable bonds is 2. The summed E-state index contributed by atoms with van der Waals surface area (Å²) < 4.78 is 21.8. The summed E-state index contributed by atoms with van der Waals surface area (Å²) in [5.41, 5.74) is 5.44. The number of sulfone groups is 1. The second-order valence-corrected chi connectivity index (χ2v) is 4.79. The largest absolute Gasteiger partial charge is 0.353 e. The fourth-order valence-electron chi connectivity index (χ4n) is 1.13. The molecular formula is C5H10N2O3S. The molecule has 5 nitrogen and oxygen atoms in total. The van der Waals surface area contributed by atoms with Crippen molar-refractivity contribution in [1.82, 2.24) is 5.32 Å². The zero-order chi connectivity index (χ0) is 8.48. The molecule has 2 atom stereocenters. The lowest BCUT2D eigenvalue weighted by molar-refractivity contribution is -0.110. The Morgan fingerprint density at radius 2 is 2.09 bits per heavy atom. The molecule has 0 saturated carbocycles. The van der Waals surface area contributed by atoms with Crippen LogP contribution in [0.1, 0.15) is 0 Å². The average molecular weight is 178 g/mol. The number of nitrogens with one attached hydrogen (secondary N) is 1. The number of carbonyl (C=O) groups excluding carboxylic acids is 1. The first-order valence-electron chi connectivity index (χ1n) is 3.21. The van der Waals surface area contributed by atoms with Gasteiger partial charge in [-0.3, -0.25) is 4.79 Å². The van der Waals surface area contributed by atoms with E-state index in [0.29, 0.717) is 6.41 Å². The Bertz CT molecular complexity index is 248. The van der Waals surface area contributed by atoms with E-state index in [1.807, 2.05) is 0 Å². The molecule has 0 unspecified atom stereocenters. The molecule has 0 spiro atoms. The lowest BCUT2D eigenvalue weighted by atomic mass is 10.2. The Morgan fingerprint density at radius 3 is 2.45 bits per heavy atom. The van der Waals surface area contributed by atoms with Gasteiger partial charge in [0.15, 0.2) is 9.84 Å². The molecule has 0 bridgehead atoms. The Kier molecular flexibility index (Phi) is 2.15. The van der Waals surface area contributed by atoms with Crippen molar-refractivity contribution in [2.45, 2.75) is 12.1 Å². The van der Waals surface area contributed by atoms with Gasteiger partial charge in [0, 0.05) is 6.04 Å². The van der Waals surface area contributed by atoms with Crippen molar-refractivity contribution in [1.29, 1.82) is 0 Å². The topological polar surface area (TPSA) is 89.3 Å². The van der Waals surface area contributed by atoms with E-state index in [4.69, 9.17) is 5.73 Å². The van der Waals surface area contributed by atoms with Crippen LogP contribution in [0.2, 0.25) is 0 Å². The van der Waals surface area contributed by atoms with Crippen molar-refractivity contribution in [2.75, 3.05) is 11.5 Å². The number of carbonyl (C=O) groups is 1. The van der Waals surface area contributed by atoms with Crippen LogP contribution in [0.5, 0.6) is 0 Å². The summed E-state index contributed by atoms with van der Waals surface area (Å²) in [6, 6.07) is -0.859. The van der Waals surface area contributed by atoms with Gasteiger partial charge in [0.1, 0.15) is 0 Å². The van der Waals surface area contributed by atoms with Crippen molar-refractivity contribution < 1.29 is 13.2 Å². The summed E-state index contributed by atoms with van der Waals surface area (Å²) >= 11 is 0. The first kappa shape index (κ1) is 8.48. The van der Waals surface area contributed by atoms with Gasteiger partial charge in [-0.05, 0) is 0 Å². The smallest absolute Gasteiger partial charge is 0.207 e. The number of nitrogens with two attached hydrogens (primary N) is 1. The average Bonchev–Trinajstić information content (AvgIpc) is 2.07. The van der Waals surface area contributed by atoms with E-state index in [2.05, 4.69) is 5.32 Å². The fourth-order valence-corrected chi connectivity index (χ4v) is 2.98. The molecule has 0 radical (unpaired) electrons. The predicted octanol–water partition coefficient (Wildman–Crippen LogP) is -2.14. The molecule has 0 aromatic heterocycles. The lowest BCUT2D eigenvalue weighted by Gasteiger charge is -2.10. The molecule has 1 heterocycles. The Labute approximate surface area is 64.9 Å². The minimum atomic E-state index is -3.01. The highest BCUT2D eigenvalue weighted by atomic mass is 32.2. The van der Waals surface area contributed by atoms with Gasteiger partial charge < -0.3 is 11.1 Å². The molecule has 1 aliphatic heterocycles. The van der Waals surface area contributed by atoms with Gasteiger partial charge in [-0.25, -0.2) is 8.42 Å². The van der Waals surface area contributed by atoms with E-state index in [9.17, 15) is 13.2 Å². The van der Waals surface area contributed by atoms with Crippen LogP contribution >= 0.6 is 0 Å². The number of amides is 1. The van der Waals surface area contributed by atoms with E-state index < -0.39 is 21.9 Å². The van der Waals surface area contributed by atoms with Crippen molar-refractivity contribution in [3.63, 3.8) is 0 Å². The molecule has 1 rings (SSSR count). The molecule has 3 N–H and O–H groups in total. The highest BCUT2D eigenvalue weighted by molar-refractivity contribution is 7.91. The third-order valence-corrected chi connectivity index (χ3v) is 3.44. The van der Waals surface area contributed by atoms with Gasteiger partial charge in [0.25, 0.3) is 0 Å². The SMILES string of the molecule is N[C@H]1CS(=O)(=O)C[C@@H]1NC=O. The van der Waals surface area contributed by atoms with E-state index in [1.54, 1.807) is 0 Å². The molecule has 6 heteroatoms. The van der Waals surface area contributed by atoms with Crippen LogP contribution in [0.4, 0.5) is 0 Å². The molecule has 0 aliphatic carbocycles. The van der Waals surface area contributed by atoms with Gasteiger partial charge in [-0.15, -0.1) is 0 Å². The fraction of sp³-hybridized carbons (Fsp3) is 0.800. The minimum absolute atomic E-state index is 0.0293. The molecule has 0 aromatic rings. The summed E-state index contributed by atoms with van der Waals surface area (Å²) in [6.45, 7) is 0. The molecule has 1 amide bonds. The third kappa shape index (κ3) is 1.90. The highest BCUT2D eigenvalue weighted by Gasteiger charge is 2.34. The molecular weight excluding hydrogens is 168 g/mol. The maximum Gasteiger partial charge on any atom is 0.207 e. The van der Waals surface area contributed by atoms with Crippen molar-refractivity contribution in [3.8, 4) is 0 Å². The molecule has 11 heavy (non-hydrogen) atoms. The van der Waals surface area contributed by atoms with Crippen molar-refractivity contribution in [3.05, 3.63) is 0 Å². The first-order chi connectivity index (χ1) is 5.05. The van der Waals surface area contributed by atoms with Crippen molar-refractivity contribution >= 4 is 16.2 Å². The monoisotopic (exact) mass is 178 g/mol. The number of hydrogen-bond donors (Lipinski definition) is 2. The van der Waals surface area contributed by atoms with Gasteiger partial charge in [-0.2, -0.15) is 0 Å². The van der Waals surface area contributed by atoms with Gasteiger partial charge in [-0.1, -0.05) is 0 Å². The predicted molar refractivity (Wildman–Crippen MR) is 39.6 cm³/mol. The zero-order valence-corrected chi connectivity index (χ0v) is 6.67. The quantitative estimate of drug-likeness (QED) is 0.472. The van der Waals surface area contributed by atoms with Crippen LogP contribution in [0.3, 0.4) is 0 Å². The van der Waals surface area contributed by atoms with Crippen LogP contribution in [0.25, 0.3) is 0 Å². The van der Waals surface area contributed by atoms with E-state index in [1.165, 1.54) is 0 Å². The molecule has 1 fully saturated rings. The second kappa shape index (κ2) is 2.78. The third-order valence-electron chi connectivity index (χ3n) is 1.68. The van der Waals surface area contributed by atoms with Gasteiger partial charge in [0.05, 0.1) is 17.5 Å². The molecule has 1 saturated heterocycles. The second-order valence-electron chi connectivity index (χ2n) is 2.63. The standard InChI is InChI=1S/C5H10N2O3S/c6-4-1-11(9,10)2-5(4)7-3-8/h3-5H,1-2,6H2,(H,7,8)/t4-,5-/m0/s1. The maximum absolute atomic E-state index is 10.9. The zero-order valence-electron chi connectivity index (χ0n) is 5.86. The summed E-state index contributed by atoms with van der Waals surface area (Å²) in [7, 11) is -3.01. The van der Waals surface area contributed by atoms with Crippen LogP contribution < -0.4 is 11.1 Å². The van der Waals surface area contributed by atoms with Crippen LogP contribution in [0.15, 0.2) is 0 Å². The maximum atomic E-state index is 10.9. The Balaban J connectivity index is 2.66. The minimum Gasteiger partial charge on any atom is -0.353 e. The summed E-state index contributed by atoms with van der Waals surface area (Å²) in [6.07, 6.45) is 0.478. The molecule has 1 aliphatic rings. The highest BCUT2D eigenvalue weighted by Crippen LogP contribution is 2.09. The Hall–Kier alpha value is -0.620. The van der Waals surface area contributed by atoms with E-state index in [0.717, 1.165) is 0 Å². The summed E-state index contributed by atoms with van der Waals surface area (Å²) in [5, 5.41) is 2.37. The first-order valence-corrected chi connectivity index (χ1v) is 5.03. The van der Waals surface area contributed by atoms with Crippen LogP contribution in [-0.4, -0.2) is 38.4 Å². The van der Waals surface area contributed by atoms with E-state index >= 15 is 0 Å². The summed E-state index contributed by atoms with van der Waals surface area (Å²) in [5.74, 6) is -0.0641. The van der Waals surface area contributed by atoms with Crippen LogP contribution in [-0.2, 0) is 14.6 Å². The molecule has 64 valence electrons. The van der Waals surface area contributed by atoms with Crippen LogP contribution in [0, 0.1) is 0 Å². The summed E-state index contributed by atoms with van der Waals surface area (Å²) in [4.78, 5) is 9.96. The molecule has 0 aromatic carbocycles. The van der Waals surface area contributed by atoms with E-state index in [-0.39, 0.29) is 11.5 Å². The lowest BCUT2D eigenvalue weighted by Crippen LogP contribution is -2.43. The normalized spacial score (nSPS) is 35.0. The van der Waals surface area contributed by atoms with Gasteiger partial charge in [0.2, 0.25) is 6.41 Å².